The molecule has 0 amide bonds. The summed E-state index contributed by atoms with van der Waals surface area (Å²) >= 11 is 0. The van der Waals surface area contributed by atoms with Crippen LogP contribution in [0.4, 0.5) is 0 Å². The fourth-order valence-corrected chi connectivity index (χ4v) is 2.35. The third kappa shape index (κ3) is 2.19. The van der Waals surface area contributed by atoms with Crippen molar-refractivity contribution in [2.24, 2.45) is 5.41 Å². The number of carboxylic acid groups (broad SMARTS) is 1. The highest BCUT2D eigenvalue weighted by atomic mass is 16.5. The van der Waals surface area contributed by atoms with E-state index in [1.807, 2.05) is 4.90 Å². The second-order valence-corrected chi connectivity index (χ2v) is 4.87. The van der Waals surface area contributed by atoms with Gasteiger partial charge in [-0.15, -0.1) is 0 Å². The fourth-order valence-electron chi connectivity index (χ4n) is 2.35. The third-order valence-corrected chi connectivity index (χ3v) is 3.61. The van der Waals surface area contributed by atoms with E-state index in [0.29, 0.717) is 11.8 Å². The van der Waals surface area contributed by atoms with Gasteiger partial charge < -0.3 is 9.84 Å². The van der Waals surface area contributed by atoms with E-state index < -0.39 is 12.0 Å². The van der Waals surface area contributed by atoms with Crippen LogP contribution in [0.5, 0.6) is 0 Å². The lowest BCUT2D eigenvalue weighted by atomic mass is 9.93. The molecule has 1 saturated carbocycles. The van der Waals surface area contributed by atoms with E-state index in [0.717, 1.165) is 13.1 Å². The van der Waals surface area contributed by atoms with Gasteiger partial charge in [-0.3, -0.25) is 14.5 Å². The van der Waals surface area contributed by atoms with Crippen molar-refractivity contribution in [1.82, 2.24) is 4.90 Å². The van der Waals surface area contributed by atoms with Gasteiger partial charge in [-0.2, -0.15) is 0 Å². The van der Waals surface area contributed by atoms with Crippen LogP contribution in [0.25, 0.3) is 0 Å². The Morgan fingerprint density at radius 2 is 2.06 bits per heavy atom. The smallest absolute Gasteiger partial charge is 0.320 e. The van der Waals surface area contributed by atoms with Crippen LogP contribution in [0.3, 0.4) is 0 Å². The van der Waals surface area contributed by atoms with E-state index in [9.17, 15) is 9.59 Å². The van der Waals surface area contributed by atoms with Crippen molar-refractivity contribution in [3.05, 3.63) is 0 Å². The van der Waals surface area contributed by atoms with Crippen LogP contribution in [-0.2, 0) is 14.3 Å². The summed E-state index contributed by atoms with van der Waals surface area (Å²) in [6, 6.07) is -0.523. The monoisotopic (exact) mass is 227 g/mol. The lowest BCUT2D eigenvalue weighted by Gasteiger charge is -2.43. The first-order chi connectivity index (χ1) is 7.56. The highest BCUT2D eigenvalue weighted by molar-refractivity contribution is 5.75. The van der Waals surface area contributed by atoms with Gasteiger partial charge in [-0.05, 0) is 24.7 Å². The number of ether oxygens (including phenoxy) is 1. The Morgan fingerprint density at radius 1 is 1.44 bits per heavy atom. The van der Waals surface area contributed by atoms with E-state index in [1.54, 1.807) is 0 Å². The van der Waals surface area contributed by atoms with Crippen molar-refractivity contribution in [3.8, 4) is 0 Å². The molecular weight excluding hydrogens is 210 g/mol. The maximum Gasteiger partial charge on any atom is 0.320 e. The molecule has 1 saturated heterocycles. The van der Waals surface area contributed by atoms with E-state index in [2.05, 4.69) is 4.74 Å². The maximum atomic E-state index is 11.1. The molecule has 2 aliphatic rings. The summed E-state index contributed by atoms with van der Waals surface area (Å²) in [7, 11) is 1.32. The number of likely N-dealkylation sites (tertiary alicyclic amines) is 1. The molecule has 2 fully saturated rings. The summed E-state index contributed by atoms with van der Waals surface area (Å²) in [5.74, 6) is -1.17. The van der Waals surface area contributed by atoms with Crippen LogP contribution in [0, 0.1) is 5.41 Å². The van der Waals surface area contributed by atoms with Gasteiger partial charge in [0.15, 0.2) is 0 Å². The highest BCUT2D eigenvalue weighted by Gasteiger charge is 2.54. The Morgan fingerprint density at radius 3 is 2.50 bits per heavy atom. The van der Waals surface area contributed by atoms with Crippen LogP contribution < -0.4 is 0 Å². The number of nitrogens with zero attached hydrogens (tertiary/aromatic N) is 1. The molecule has 1 aliphatic carbocycles. The van der Waals surface area contributed by atoms with Gasteiger partial charge in [0.05, 0.1) is 7.11 Å². The molecule has 0 radical (unpaired) electrons. The van der Waals surface area contributed by atoms with Gasteiger partial charge >= 0.3 is 11.9 Å². The van der Waals surface area contributed by atoms with Crippen molar-refractivity contribution in [2.75, 3.05) is 20.2 Å². The summed E-state index contributed by atoms with van der Waals surface area (Å²) in [6.07, 6.45) is 2.98. The SMILES string of the molecule is COC(=O)CCC(C(=O)O)N1CC2(CC2)C1. The Labute approximate surface area is 94.4 Å². The normalized spacial score (nSPS) is 23.6. The molecule has 0 aromatic carbocycles. The third-order valence-electron chi connectivity index (χ3n) is 3.61. The minimum absolute atomic E-state index is 0.178. The van der Waals surface area contributed by atoms with Crippen molar-refractivity contribution >= 4 is 11.9 Å². The fraction of sp³-hybridized carbons (Fsp3) is 0.818. The summed E-state index contributed by atoms with van der Waals surface area (Å²) in [6.45, 7) is 1.76. The van der Waals surface area contributed by atoms with Gasteiger partial charge in [-0.25, -0.2) is 0 Å². The minimum Gasteiger partial charge on any atom is -0.480 e. The van der Waals surface area contributed by atoms with Crippen molar-refractivity contribution in [1.29, 1.82) is 0 Å². The average molecular weight is 227 g/mol. The molecule has 16 heavy (non-hydrogen) atoms. The number of esters is 1. The number of aliphatic carboxylic acids is 1. The first-order valence-electron chi connectivity index (χ1n) is 5.60. The molecule has 1 spiro atoms. The number of carboxylic acids is 1. The topological polar surface area (TPSA) is 66.8 Å². The Bertz CT molecular complexity index is 303. The largest absolute Gasteiger partial charge is 0.480 e. The molecule has 1 unspecified atom stereocenters. The molecule has 1 aliphatic heterocycles. The molecule has 0 aromatic heterocycles. The highest BCUT2D eigenvalue weighted by Crippen LogP contribution is 2.53. The van der Waals surface area contributed by atoms with Gasteiger partial charge in [-0.1, -0.05) is 0 Å². The van der Waals surface area contributed by atoms with Gasteiger partial charge in [0.1, 0.15) is 6.04 Å². The van der Waals surface area contributed by atoms with Crippen LogP contribution in [0.15, 0.2) is 0 Å². The Kier molecular flexibility index (Phi) is 2.88. The van der Waals surface area contributed by atoms with Crippen LogP contribution >= 0.6 is 0 Å². The lowest BCUT2D eigenvalue weighted by molar-refractivity contribution is -0.148. The Hall–Kier alpha value is -1.10. The zero-order chi connectivity index (χ0) is 11.8. The Balaban J connectivity index is 1.81. The first-order valence-corrected chi connectivity index (χ1v) is 5.60. The molecular formula is C11H17NO4. The molecule has 2 rings (SSSR count). The van der Waals surface area contributed by atoms with Gasteiger partial charge in [0.2, 0.25) is 0 Å². The standard InChI is InChI=1S/C11H17NO4/c1-16-9(13)3-2-8(10(14)15)12-6-11(7-12)4-5-11/h8H,2-7H2,1H3,(H,14,15). The number of rotatable bonds is 5. The zero-order valence-electron chi connectivity index (χ0n) is 9.44. The van der Waals surface area contributed by atoms with Crippen molar-refractivity contribution in [3.63, 3.8) is 0 Å². The number of methoxy groups -OCH3 is 1. The number of hydrogen-bond donors (Lipinski definition) is 1. The number of hydrogen-bond acceptors (Lipinski definition) is 4. The molecule has 0 bridgehead atoms. The molecule has 90 valence electrons. The summed E-state index contributed by atoms with van der Waals surface area (Å²) in [5.41, 5.74) is 0.443. The minimum atomic E-state index is -0.834. The second-order valence-electron chi connectivity index (χ2n) is 4.87. The van der Waals surface area contributed by atoms with E-state index in [4.69, 9.17) is 5.11 Å². The van der Waals surface area contributed by atoms with Crippen LogP contribution in [-0.4, -0.2) is 48.2 Å². The lowest BCUT2D eigenvalue weighted by Crippen LogP contribution is -2.56. The quantitative estimate of drug-likeness (QED) is 0.692. The molecule has 1 heterocycles. The van der Waals surface area contributed by atoms with E-state index in [-0.39, 0.29) is 12.4 Å². The summed E-state index contributed by atoms with van der Waals surface area (Å²) in [5, 5.41) is 9.09. The molecule has 0 aromatic rings. The summed E-state index contributed by atoms with van der Waals surface area (Å²) in [4.78, 5) is 24.0. The predicted molar refractivity (Wildman–Crippen MR) is 55.9 cm³/mol. The summed E-state index contributed by atoms with van der Waals surface area (Å²) < 4.78 is 4.51. The van der Waals surface area contributed by atoms with E-state index >= 15 is 0 Å². The van der Waals surface area contributed by atoms with Crippen LogP contribution in [0.2, 0.25) is 0 Å². The van der Waals surface area contributed by atoms with E-state index in [1.165, 1.54) is 20.0 Å². The van der Waals surface area contributed by atoms with Gasteiger partial charge in [0, 0.05) is 19.5 Å². The van der Waals surface area contributed by atoms with Crippen molar-refractivity contribution < 1.29 is 19.4 Å². The molecule has 5 nitrogen and oxygen atoms in total. The van der Waals surface area contributed by atoms with Gasteiger partial charge in [0.25, 0.3) is 0 Å². The predicted octanol–water partition coefficient (Wildman–Crippen LogP) is 0.489. The van der Waals surface area contributed by atoms with Crippen LogP contribution in [0.1, 0.15) is 25.7 Å². The maximum absolute atomic E-state index is 11.1. The molecule has 1 N–H and O–H groups in total. The average Bonchev–Trinajstić information content (AvgIpc) is 2.96. The zero-order valence-corrected chi connectivity index (χ0v) is 9.44. The second kappa shape index (κ2) is 4.05. The molecule has 5 heteroatoms. The molecule has 1 atom stereocenters. The number of carbonyl (C=O) groups is 2. The van der Waals surface area contributed by atoms with Crippen molar-refractivity contribution in [2.45, 2.75) is 31.7 Å². The number of carbonyl (C=O) groups excluding carboxylic acids is 1. The first kappa shape index (κ1) is 11.4.